The van der Waals surface area contributed by atoms with Crippen LogP contribution in [0.2, 0.25) is 0 Å². The third kappa shape index (κ3) is 6.33. The van der Waals surface area contributed by atoms with Gasteiger partial charge in [-0.25, -0.2) is 17.5 Å². The lowest BCUT2D eigenvalue weighted by molar-refractivity contribution is 0.102. The first-order valence-electron chi connectivity index (χ1n) is 10.8. The molecule has 0 spiro atoms. The highest BCUT2D eigenvalue weighted by molar-refractivity contribution is 7.90. The number of hydrogen-bond donors (Lipinski definition) is 1. The van der Waals surface area contributed by atoms with E-state index in [9.17, 15) is 17.6 Å². The summed E-state index contributed by atoms with van der Waals surface area (Å²) in [6.45, 7) is 1.97. The highest BCUT2D eigenvalue weighted by atomic mass is 32.2. The van der Waals surface area contributed by atoms with Gasteiger partial charge in [-0.1, -0.05) is 29.8 Å². The van der Waals surface area contributed by atoms with E-state index in [4.69, 9.17) is 4.74 Å². The fourth-order valence-corrected chi connectivity index (χ4v) is 3.83. The minimum Gasteiger partial charge on any atom is -0.492 e. The maximum absolute atomic E-state index is 13.4. The van der Waals surface area contributed by atoms with E-state index in [1.165, 1.54) is 16.8 Å². The van der Waals surface area contributed by atoms with E-state index in [2.05, 4.69) is 10.4 Å². The number of amides is 1. The Morgan fingerprint density at radius 3 is 2.51 bits per heavy atom. The molecule has 0 unspecified atom stereocenters. The zero-order valence-electron chi connectivity index (χ0n) is 19.2. The van der Waals surface area contributed by atoms with E-state index in [1.807, 2.05) is 31.2 Å². The van der Waals surface area contributed by atoms with E-state index in [-0.39, 0.29) is 24.1 Å². The summed E-state index contributed by atoms with van der Waals surface area (Å²) < 4.78 is 43.1. The summed E-state index contributed by atoms with van der Waals surface area (Å²) in [6.07, 6.45) is 2.75. The number of nitrogens with one attached hydrogen (secondary N) is 1. The molecule has 0 aliphatic carbocycles. The van der Waals surface area contributed by atoms with Crippen molar-refractivity contribution in [1.82, 2.24) is 9.78 Å². The summed E-state index contributed by atoms with van der Waals surface area (Å²) in [7, 11) is -3.14. The van der Waals surface area contributed by atoms with Gasteiger partial charge < -0.3 is 10.1 Å². The molecule has 9 heteroatoms. The Labute approximate surface area is 203 Å². The van der Waals surface area contributed by atoms with Gasteiger partial charge in [-0.3, -0.25) is 4.79 Å². The first kappa shape index (κ1) is 24.2. The van der Waals surface area contributed by atoms with Gasteiger partial charge in [0.2, 0.25) is 0 Å². The van der Waals surface area contributed by atoms with E-state index in [1.54, 1.807) is 42.6 Å². The van der Waals surface area contributed by atoms with Crippen molar-refractivity contribution in [2.75, 3.05) is 23.9 Å². The van der Waals surface area contributed by atoms with Crippen LogP contribution in [-0.4, -0.2) is 42.7 Å². The lowest BCUT2D eigenvalue weighted by Crippen LogP contribution is -2.13. The molecule has 0 radical (unpaired) electrons. The number of carbonyl (C=O) groups is 1. The molecule has 0 saturated carbocycles. The summed E-state index contributed by atoms with van der Waals surface area (Å²) >= 11 is 0. The zero-order chi connectivity index (χ0) is 25.0. The van der Waals surface area contributed by atoms with Crippen LogP contribution in [0.3, 0.4) is 0 Å². The third-order valence-electron chi connectivity index (χ3n) is 5.16. The van der Waals surface area contributed by atoms with Crippen molar-refractivity contribution in [3.63, 3.8) is 0 Å². The van der Waals surface area contributed by atoms with Crippen molar-refractivity contribution in [2.45, 2.75) is 6.92 Å². The second kappa shape index (κ2) is 10.1. The van der Waals surface area contributed by atoms with E-state index >= 15 is 0 Å². The molecule has 0 aliphatic heterocycles. The smallest absolute Gasteiger partial charge is 0.259 e. The summed E-state index contributed by atoms with van der Waals surface area (Å²) in [4.78, 5) is 13.3. The number of carbonyl (C=O) groups excluding carboxylic acids is 1. The van der Waals surface area contributed by atoms with Crippen molar-refractivity contribution in [3.05, 3.63) is 95.9 Å². The summed E-state index contributed by atoms with van der Waals surface area (Å²) in [5.41, 5.74) is 3.70. The number of hydrogen-bond acceptors (Lipinski definition) is 5. The average Bonchev–Trinajstić information content (AvgIpc) is 3.25. The van der Waals surface area contributed by atoms with Crippen molar-refractivity contribution < 1.29 is 22.3 Å². The average molecular weight is 494 g/mol. The van der Waals surface area contributed by atoms with Gasteiger partial charge >= 0.3 is 0 Å². The molecular formula is C26H24FN3O4S. The van der Waals surface area contributed by atoms with Gasteiger partial charge in [0.15, 0.2) is 9.84 Å². The number of halogens is 1. The largest absolute Gasteiger partial charge is 0.492 e. The zero-order valence-corrected chi connectivity index (χ0v) is 20.0. The fourth-order valence-electron chi connectivity index (χ4n) is 3.44. The van der Waals surface area contributed by atoms with Crippen LogP contribution in [0.5, 0.6) is 5.75 Å². The van der Waals surface area contributed by atoms with Gasteiger partial charge in [-0.05, 0) is 49.4 Å². The van der Waals surface area contributed by atoms with Crippen LogP contribution in [0.15, 0.2) is 79.0 Å². The summed E-state index contributed by atoms with van der Waals surface area (Å²) in [5.74, 6) is -0.418. The van der Waals surface area contributed by atoms with E-state index in [0.717, 1.165) is 17.4 Å². The van der Waals surface area contributed by atoms with Crippen molar-refractivity contribution in [1.29, 1.82) is 0 Å². The Balaban J connectivity index is 1.62. The van der Waals surface area contributed by atoms with Crippen LogP contribution in [0.1, 0.15) is 15.9 Å². The van der Waals surface area contributed by atoms with Gasteiger partial charge in [-0.2, -0.15) is 5.10 Å². The maximum atomic E-state index is 13.4. The second-order valence-corrected chi connectivity index (χ2v) is 10.4. The van der Waals surface area contributed by atoms with Crippen LogP contribution in [0.25, 0.3) is 16.9 Å². The Kier molecular flexibility index (Phi) is 6.97. The number of nitrogens with zero attached hydrogens (tertiary/aromatic N) is 2. The van der Waals surface area contributed by atoms with Crippen LogP contribution in [-0.2, 0) is 9.84 Å². The molecule has 0 fully saturated rings. The Morgan fingerprint density at radius 2 is 1.80 bits per heavy atom. The third-order valence-corrected chi connectivity index (χ3v) is 6.06. The normalized spacial score (nSPS) is 11.3. The standard InChI is InChI=1S/C26H24FN3O4S/c1-18-5-3-6-19(15-18)25-24(17-30(29-25)22-11-9-20(27)10-12-22)26(31)28-21-7-4-8-23(16-21)34-13-14-35(2,32)33/h3-12,15-17H,13-14H2,1-2H3,(H,28,31). The molecule has 35 heavy (non-hydrogen) atoms. The number of anilines is 1. The molecule has 180 valence electrons. The molecule has 0 bridgehead atoms. The molecule has 4 rings (SSSR count). The highest BCUT2D eigenvalue weighted by Gasteiger charge is 2.19. The minimum absolute atomic E-state index is 0.0121. The Morgan fingerprint density at radius 1 is 1.06 bits per heavy atom. The first-order valence-corrected chi connectivity index (χ1v) is 12.9. The predicted octanol–water partition coefficient (Wildman–Crippen LogP) is 4.66. The van der Waals surface area contributed by atoms with Gasteiger partial charge in [0, 0.05) is 29.8 Å². The molecule has 4 aromatic rings. The number of rotatable bonds is 8. The number of benzene rings is 3. The molecule has 1 aromatic heterocycles. The minimum atomic E-state index is -3.14. The summed E-state index contributed by atoms with van der Waals surface area (Å²) in [6, 6.07) is 20.2. The van der Waals surface area contributed by atoms with E-state index in [0.29, 0.717) is 28.4 Å². The van der Waals surface area contributed by atoms with Gasteiger partial charge in [0.1, 0.15) is 23.9 Å². The number of sulfone groups is 1. The quantitative estimate of drug-likeness (QED) is 0.386. The molecule has 1 N–H and O–H groups in total. The van der Waals surface area contributed by atoms with Crippen LogP contribution in [0, 0.1) is 12.7 Å². The SMILES string of the molecule is Cc1cccc(-c2nn(-c3ccc(F)cc3)cc2C(=O)Nc2cccc(OCCS(C)(=O)=O)c2)c1. The maximum Gasteiger partial charge on any atom is 0.259 e. The number of ether oxygens (including phenoxy) is 1. The number of aromatic nitrogens is 2. The Bertz CT molecular complexity index is 1460. The number of aryl methyl sites for hydroxylation is 1. The van der Waals surface area contributed by atoms with Gasteiger partial charge in [-0.15, -0.1) is 0 Å². The second-order valence-electron chi connectivity index (χ2n) is 8.14. The highest BCUT2D eigenvalue weighted by Crippen LogP contribution is 2.26. The molecule has 3 aromatic carbocycles. The summed E-state index contributed by atoms with van der Waals surface area (Å²) in [5, 5.41) is 7.47. The molecule has 1 heterocycles. The van der Waals surface area contributed by atoms with Gasteiger partial charge in [0.05, 0.1) is 17.0 Å². The van der Waals surface area contributed by atoms with Crippen LogP contribution in [0.4, 0.5) is 10.1 Å². The molecule has 0 saturated heterocycles. The van der Waals surface area contributed by atoms with Gasteiger partial charge in [0.25, 0.3) is 5.91 Å². The molecule has 1 amide bonds. The Hall–Kier alpha value is -3.98. The van der Waals surface area contributed by atoms with Crippen LogP contribution < -0.4 is 10.1 Å². The molecular weight excluding hydrogens is 469 g/mol. The monoisotopic (exact) mass is 493 g/mol. The van der Waals surface area contributed by atoms with Crippen molar-refractivity contribution in [3.8, 4) is 22.7 Å². The van der Waals surface area contributed by atoms with E-state index < -0.39 is 9.84 Å². The topological polar surface area (TPSA) is 90.3 Å². The predicted molar refractivity (Wildman–Crippen MR) is 133 cm³/mol. The lowest BCUT2D eigenvalue weighted by atomic mass is 10.1. The van der Waals surface area contributed by atoms with Crippen LogP contribution >= 0.6 is 0 Å². The first-order chi connectivity index (χ1) is 16.7. The molecule has 0 aliphatic rings. The van der Waals surface area contributed by atoms with Crippen molar-refractivity contribution in [2.24, 2.45) is 0 Å². The fraction of sp³-hybridized carbons (Fsp3) is 0.154. The van der Waals surface area contributed by atoms with Crippen molar-refractivity contribution >= 4 is 21.4 Å². The lowest BCUT2D eigenvalue weighted by Gasteiger charge is -2.09. The molecule has 7 nitrogen and oxygen atoms in total. The molecule has 0 atom stereocenters.